The fourth-order valence-electron chi connectivity index (χ4n) is 3.72. The minimum absolute atomic E-state index is 0.00669. The highest BCUT2D eigenvalue weighted by Gasteiger charge is 2.20. The van der Waals surface area contributed by atoms with E-state index in [0.29, 0.717) is 40.1 Å². The highest BCUT2D eigenvalue weighted by Crippen LogP contribution is 2.26. The number of anilines is 1. The lowest BCUT2D eigenvalue weighted by molar-refractivity contribution is 0.0996. The van der Waals surface area contributed by atoms with Crippen LogP contribution in [0.25, 0.3) is 10.9 Å². The van der Waals surface area contributed by atoms with Crippen LogP contribution in [0, 0.1) is 25.2 Å². The molecule has 3 N–H and O–H groups in total. The van der Waals surface area contributed by atoms with E-state index in [1.165, 1.54) is 13.2 Å². The fraction of sp³-hybridized carbons (Fsp3) is 0.160. The quantitative estimate of drug-likeness (QED) is 0.459. The van der Waals surface area contributed by atoms with Crippen LogP contribution in [0.2, 0.25) is 0 Å². The van der Waals surface area contributed by atoms with Crippen LogP contribution in [0.3, 0.4) is 0 Å². The van der Waals surface area contributed by atoms with Crippen molar-refractivity contribution in [2.24, 2.45) is 5.73 Å². The molecule has 34 heavy (non-hydrogen) atoms. The zero-order valence-corrected chi connectivity index (χ0v) is 18.9. The molecular formula is C25H22N6O3. The number of nitrogens with two attached hydrogens (primary N) is 1. The number of hydrogen-bond donors (Lipinski definition) is 2. The summed E-state index contributed by atoms with van der Waals surface area (Å²) in [7, 11) is 1.53. The molecule has 0 saturated carbocycles. The maximum atomic E-state index is 13.3. The number of amides is 2. The van der Waals surface area contributed by atoms with Crippen molar-refractivity contribution in [1.29, 1.82) is 5.26 Å². The van der Waals surface area contributed by atoms with Gasteiger partial charge in [-0.15, -0.1) is 0 Å². The molecule has 4 aromatic rings. The Morgan fingerprint density at radius 3 is 2.53 bits per heavy atom. The molecule has 0 saturated heterocycles. The number of hydrogen-bond acceptors (Lipinski definition) is 6. The van der Waals surface area contributed by atoms with Gasteiger partial charge in [0.2, 0.25) is 0 Å². The number of primary amides is 1. The van der Waals surface area contributed by atoms with Gasteiger partial charge in [-0.25, -0.2) is 4.98 Å². The number of nitrogens with zero attached hydrogens (tertiary/aromatic N) is 4. The molecule has 9 nitrogen and oxygen atoms in total. The predicted octanol–water partition coefficient (Wildman–Crippen LogP) is 3.33. The molecule has 2 aromatic heterocycles. The van der Waals surface area contributed by atoms with Crippen LogP contribution in [0.5, 0.6) is 5.75 Å². The molecule has 2 amide bonds. The van der Waals surface area contributed by atoms with Gasteiger partial charge in [0.05, 0.1) is 53.4 Å². The first-order valence-electron chi connectivity index (χ1n) is 10.4. The number of carbonyl (C=O) groups excluding carboxylic acids is 2. The Labute approximate surface area is 195 Å². The zero-order chi connectivity index (χ0) is 24.4. The summed E-state index contributed by atoms with van der Waals surface area (Å²) in [4.78, 5) is 29.4. The Hall–Kier alpha value is -4.71. The molecular weight excluding hydrogens is 432 g/mol. The topological polar surface area (TPSA) is 136 Å². The van der Waals surface area contributed by atoms with Gasteiger partial charge in [0.1, 0.15) is 11.4 Å². The minimum atomic E-state index is -0.727. The van der Waals surface area contributed by atoms with Crippen molar-refractivity contribution in [2.45, 2.75) is 20.4 Å². The molecule has 0 aliphatic carbocycles. The van der Waals surface area contributed by atoms with Crippen LogP contribution in [0.15, 0.2) is 48.5 Å². The Morgan fingerprint density at radius 2 is 1.88 bits per heavy atom. The maximum Gasteiger partial charge on any atom is 0.267 e. The number of fused-ring (bicyclic) bond motifs is 1. The van der Waals surface area contributed by atoms with Crippen molar-refractivity contribution >= 4 is 28.4 Å². The van der Waals surface area contributed by atoms with Crippen LogP contribution in [0.4, 0.5) is 5.69 Å². The fourth-order valence-corrected chi connectivity index (χ4v) is 3.72. The Bertz CT molecular complexity index is 1470. The number of aromatic nitrogens is 3. The summed E-state index contributed by atoms with van der Waals surface area (Å²) in [5.74, 6) is -0.598. The number of aryl methyl sites for hydroxylation is 1. The van der Waals surface area contributed by atoms with Crippen LogP contribution >= 0.6 is 0 Å². The van der Waals surface area contributed by atoms with E-state index in [1.54, 1.807) is 41.9 Å². The van der Waals surface area contributed by atoms with Gasteiger partial charge in [0.25, 0.3) is 11.8 Å². The molecule has 0 radical (unpaired) electrons. The average molecular weight is 454 g/mol. The second-order valence-corrected chi connectivity index (χ2v) is 7.77. The van der Waals surface area contributed by atoms with Crippen molar-refractivity contribution in [1.82, 2.24) is 14.8 Å². The van der Waals surface area contributed by atoms with E-state index in [9.17, 15) is 9.59 Å². The van der Waals surface area contributed by atoms with E-state index in [-0.39, 0.29) is 11.3 Å². The van der Waals surface area contributed by atoms with Gasteiger partial charge >= 0.3 is 0 Å². The second kappa shape index (κ2) is 9.03. The number of methoxy groups -OCH3 is 1. The van der Waals surface area contributed by atoms with Gasteiger partial charge in [-0.2, -0.15) is 10.4 Å². The van der Waals surface area contributed by atoms with Crippen LogP contribution < -0.4 is 15.8 Å². The lowest BCUT2D eigenvalue weighted by Gasteiger charge is -2.11. The van der Waals surface area contributed by atoms with Crippen LogP contribution in [-0.4, -0.2) is 33.7 Å². The van der Waals surface area contributed by atoms with E-state index in [4.69, 9.17) is 15.7 Å². The Balaban J connectivity index is 1.69. The van der Waals surface area contributed by atoms with Gasteiger partial charge in [-0.3, -0.25) is 14.3 Å². The molecule has 0 aliphatic heterocycles. The molecule has 0 unspecified atom stereocenters. The van der Waals surface area contributed by atoms with E-state index < -0.39 is 11.8 Å². The van der Waals surface area contributed by atoms with Crippen LogP contribution in [0.1, 0.15) is 43.4 Å². The third-order valence-corrected chi connectivity index (χ3v) is 5.55. The van der Waals surface area contributed by atoms with Crippen LogP contribution in [-0.2, 0) is 6.54 Å². The number of benzene rings is 2. The maximum absolute atomic E-state index is 13.3. The molecule has 9 heteroatoms. The molecule has 0 atom stereocenters. The number of rotatable bonds is 6. The van der Waals surface area contributed by atoms with E-state index in [0.717, 1.165) is 11.3 Å². The lowest BCUT2D eigenvalue weighted by atomic mass is 10.1. The number of nitriles is 1. The third-order valence-electron chi connectivity index (χ3n) is 5.55. The first kappa shape index (κ1) is 22.5. The number of pyridine rings is 1. The summed E-state index contributed by atoms with van der Waals surface area (Å²) in [6, 6.07) is 15.8. The summed E-state index contributed by atoms with van der Waals surface area (Å²) in [5, 5.41) is 17.0. The summed E-state index contributed by atoms with van der Waals surface area (Å²) >= 11 is 0. The largest absolute Gasteiger partial charge is 0.497 e. The highest BCUT2D eigenvalue weighted by atomic mass is 16.5. The molecule has 0 bridgehead atoms. The Morgan fingerprint density at radius 1 is 1.15 bits per heavy atom. The zero-order valence-electron chi connectivity index (χ0n) is 18.9. The van der Waals surface area contributed by atoms with Crippen molar-refractivity contribution in [2.75, 3.05) is 12.4 Å². The number of nitrogens with one attached hydrogen (secondary N) is 1. The number of ether oxygens (including phenoxy) is 1. The van der Waals surface area contributed by atoms with E-state index in [2.05, 4.69) is 21.5 Å². The van der Waals surface area contributed by atoms with Crippen molar-refractivity contribution in [3.63, 3.8) is 0 Å². The highest BCUT2D eigenvalue weighted by molar-refractivity contribution is 6.14. The van der Waals surface area contributed by atoms with Gasteiger partial charge in [0.15, 0.2) is 0 Å². The predicted molar refractivity (Wildman–Crippen MR) is 127 cm³/mol. The summed E-state index contributed by atoms with van der Waals surface area (Å²) in [5.41, 5.74) is 9.67. The summed E-state index contributed by atoms with van der Waals surface area (Å²) < 4.78 is 7.07. The average Bonchev–Trinajstić information content (AvgIpc) is 3.10. The van der Waals surface area contributed by atoms with Crippen molar-refractivity contribution in [3.8, 4) is 11.8 Å². The molecule has 2 aromatic carbocycles. The standard InChI is InChI=1S/C25H22N6O3/c1-14-23(15(2)31(30-14)13-17-6-4-16(12-26)5-7-17)29-25(33)20-11-22(24(27)32)28-21-9-8-18(34-3)10-19(20)21/h4-11H,13H2,1-3H3,(H2,27,32)(H,29,33). The smallest absolute Gasteiger partial charge is 0.267 e. The van der Waals surface area contributed by atoms with E-state index >= 15 is 0 Å². The lowest BCUT2D eigenvalue weighted by Crippen LogP contribution is -2.18. The first-order chi connectivity index (χ1) is 16.3. The second-order valence-electron chi connectivity index (χ2n) is 7.77. The van der Waals surface area contributed by atoms with Gasteiger partial charge < -0.3 is 15.8 Å². The monoisotopic (exact) mass is 454 g/mol. The molecule has 0 spiro atoms. The van der Waals surface area contributed by atoms with Gasteiger partial charge in [-0.05, 0) is 55.8 Å². The molecule has 4 rings (SSSR count). The van der Waals surface area contributed by atoms with Crippen molar-refractivity contribution < 1.29 is 14.3 Å². The Kier molecular flexibility index (Phi) is 5.97. The summed E-state index contributed by atoms with van der Waals surface area (Å²) in [6.45, 7) is 4.15. The molecule has 0 fully saturated rings. The SMILES string of the molecule is COc1ccc2nc(C(N)=O)cc(C(=O)Nc3c(C)nn(Cc4ccc(C#N)cc4)c3C)c2c1. The van der Waals surface area contributed by atoms with Crippen molar-refractivity contribution in [3.05, 3.63) is 82.3 Å². The molecule has 2 heterocycles. The normalized spacial score (nSPS) is 10.6. The first-order valence-corrected chi connectivity index (χ1v) is 10.4. The minimum Gasteiger partial charge on any atom is -0.497 e. The number of carbonyl (C=O) groups is 2. The molecule has 170 valence electrons. The van der Waals surface area contributed by atoms with E-state index in [1.807, 2.05) is 19.1 Å². The van der Waals surface area contributed by atoms with Gasteiger partial charge in [-0.1, -0.05) is 12.1 Å². The van der Waals surface area contributed by atoms with Gasteiger partial charge in [0, 0.05) is 5.39 Å². The summed E-state index contributed by atoms with van der Waals surface area (Å²) in [6.07, 6.45) is 0. The molecule has 0 aliphatic rings. The third kappa shape index (κ3) is 4.29.